The van der Waals surface area contributed by atoms with Crippen LogP contribution in [0, 0.1) is 0 Å². The molecule has 0 amide bonds. The van der Waals surface area contributed by atoms with Crippen LogP contribution in [0.25, 0.3) is 0 Å². The average molecular weight is 420 g/mol. The Kier molecular flexibility index (Phi) is 5.65. The predicted molar refractivity (Wildman–Crippen MR) is 106 cm³/mol. The third-order valence-corrected chi connectivity index (χ3v) is 4.60. The number of carbonyl (C=O) groups excluding carboxylic acids is 4. The normalized spacial score (nSPS) is 17.2. The summed E-state index contributed by atoms with van der Waals surface area (Å²) in [7, 11) is 0. The molecule has 0 radical (unpaired) electrons. The van der Waals surface area contributed by atoms with Gasteiger partial charge in [0, 0.05) is 0 Å². The van der Waals surface area contributed by atoms with Gasteiger partial charge < -0.3 is 14.2 Å². The topological polar surface area (TPSA) is 121 Å². The molecule has 0 saturated carbocycles. The van der Waals surface area contributed by atoms with Crippen LogP contribution in [0.1, 0.15) is 23.0 Å². The van der Waals surface area contributed by atoms with Gasteiger partial charge in [-0.05, 0) is 11.1 Å². The Morgan fingerprint density at radius 1 is 0.710 bits per heavy atom. The number of rotatable bonds is 6. The first-order valence-corrected chi connectivity index (χ1v) is 9.38. The SMILES string of the molecule is O=C1CN=C(C(C(=O)OC(=O)C(C2=NCC(=O)O2)c2ccccc2)c2ccccc2)O1. The smallest absolute Gasteiger partial charge is 0.334 e. The summed E-state index contributed by atoms with van der Waals surface area (Å²) in [6.45, 7) is -0.446. The molecule has 0 aliphatic carbocycles. The van der Waals surface area contributed by atoms with Crippen LogP contribution in [0.5, 0.6) is 0 Å². The van der Waals surface area contributed by atoms with Crippen molar-refractivity contribution in [2.45, 2.75) is 11.8 Å². The Hall–Kier alpha value is -4.14. The number of cyclic esters (lactones) is 2. The van der Waals surface area contributed by atoms with Gasteiger partial charge in [0.2, 0.25) is 11.8 Å². The van der Waals surface area contributed by atoms with Gasteiger partial charge in [0.25, 0.3) is 0 Å². The van der Waals surface area contributed by atoms with E-state index in [2.05, 4.69) is 9.98 Å². The van der Waals surface area contributed by atoms with E-state index in [0.29, 0.717) is 11.1 Å². The molecule has 0 N–H and O–H groups in total. The van der Waals surface area contributed by atoms with Crippen LogP contribution < -0.4 is 0 Å². The first kappa shape index (κ1) is 20.1. The molecule has 156 valence electrons. The maximum atomic E-state index is 13.0. The number of esters is 4. The van der Waals surface area contributed by atoms with Crippen LogP contribution >= 0.6 is 0 Å². The number of nitrogens with zero attached hydrogens (tertiary/aromatic N) is 2. The van der Waals surface area contributed by atoms with Crippen molar-refractivity contribution >= 4 is 35.7 Å². The highest BCUT2D eigenvalue weighted by Crippen LogP contribution is 2.26. The minimum atomic E-state index is -1.21. The van der Waals surface area contributed by atoms with Crippen molar-refractivity contribution < 1.29 is 33.4 Å². The molecule has 2 aliphatic heterocycles. The van der Waals surface area contributed by atoms with E-state index >= 15 is 0 Å². The molecule has 9 heteroatoms. The molecular formula is C22H16N2O7. The average Bonchev–Trinajstić information content (AvgIpc) is 3.38. The fourth-order valence-corrected chi connectivity index (χ4v) is 3.21. The summed E-state index contributed by atoms with van der Waals surface area (Å²) in [5.41, 5.74) is 0.879. The van der Waals surface area contributed by atoms with E-state index in [1.54, 1.807) is 60.7 Å². The van der Waals surface area contributed by atoms with Crippen molar-refractivity contribution in [3.63, 3.8) is 0 Å². The highest BCUT2D eigenvalue weighted by Gasteiger charge is 2.39. The molecule has 0 spiro atoms. The second kappa shape index (κ2) is 8.70. The zero-order valence-electron chi connectivity index (χ0n) is 16.1. The van der Waals surface area contributed by atoms with Crippen molar-refractivity contribution in [2.75, 3.05) is 13.1 Å². The van der Waals surface area contributed by atoms with E-state index in [4.69, 9.17) is 14.2 Å². The minimum absolute atomic E-state index is 0.144. The van der Waals surface area contributed by atoms with E-state index in [0.717, 1.165) is 0 Å². The number of benzene rings is 2. The van der Waals surface area contributed by atoms with Gasteiger partial charge in [-0.2, -0.15) is 0 Å². The zero-order valence-corrected chi connectivity index (χ0v) is 16.1. The number of hydrogen-bond donors (Lipinski definition) is 0. The molecule has 0 saturated heterocycles. The lowest BCUT2D eigenvalue weighted by Crippen LogP contribution is -2.32. The van der Waals surface area contributed by atoms with Crippen LogP contribution in [0.15, 0.2) is 70.6 Å². The van der Waals surface area contributed by atoms with Crippen molar-refractivity contribution in [3.8, 4) is 0 Å². The maximum Gasteiger partial charge on any atom is 0.334 e. The van der Waals surface area contributed by atoms with Crippen molar-refractivity contribution in [1.29, 1.82) is 0 Å². The van der Waals surface area contributed by atoms with Crippen LogP contribution in [0.2, 0.25) is 0 Å². The molecule has 0 bridgehead atoms. The van der Waals surface area contributed by atoms with Crippen molar-refractivity contribution in [2.24, 2.45) is 9.98 Å². The number of ether oxygens (including phenoxy) is 3. The van der Waals surface area contributed by atoms with Crippen molar-refractivity contribution in [3.05, 3.63) is 71.8 Å². The zero-order chi connectivity index (χ0) is 21.8. The summed E-state index contributed by atoms with van der Waals surface area (Å²) >= 11 is 0. The summed E-state index contributed by atoms with van der Waals surface area (Å²) in [4.78, 5) is 56.9. The van der Waals surface area contributed by atoms with Gasteiger partial charge in [0.1, 0.15) is 13.1 Å². The van der Waals surface area contributed by atoms with Gasteiger partial charge in [0.05, 0.1) is 0 Å². The van der Waals surface area contributed by atoms with Gasteiger partial charge in [-0.1, -0.05) is 60.7 Å². The van der Waals surface area contributed by atoms with Gasteiger partial charge in [-0.3, -0.25) is 9.59 Å². The van der Waals surface area contributed by atoms with E-state index in [9.17, 15) is 19.2 Å². The van der Waals surface area contributed by atoms with Crippen LogP contribution in [-0.2, 0) is 33.4 Å². The molecule has 31 heavy (non-hydrogen) atoms. The third kappa shape index (κ3) is 4.40. The standard InChI is InChI=1S/C22H16N2O7/c25-15-11-23-19(29-15)17(13-7-3-1-4-8-13)21(27)31-22(28)18(14-9-5-2-6-10-14)20-24-12-16(26)30-20/h1-10,17-18H,11-12H2. The number of hydrogen-bond acceptors (Lipinski definition) is 9. The quantitative estimate of drug-likeness (QED) is 0.395. The van der Waals surface area contributed by atoms with Gasteiger partial charge in [-0.15, -0.1) is 0 Å². The molecule has 2 aromatic carbocycles. The second-order valence-electron chi connectivity index (χ2n) is 6.68. The van der Waals surface area contributed by atoms with Gasteiger partial charge >= 0.3 is 23.9 Å². The van der Waals surface area contributed by atoms with Crippen LogP contribution in [0.3, 0.4) is 0 Å². The molecule has 2 unspecified atom stereocenters. The van der Waals surface area contributed by atoms with E-state index in [-0.39, 0.29) is 24.9 Å². The van der Waals surface area contributed by atoms with E-state index in [1.165, 1.54) is 0 Å². The molecular weight excluding hydrogens is 404 g/mol. The fourth-order valence-electron chi connectivity index (χ4n) is 3.21. The van der Waals surface area contributed by atoms with E-state index < -0.39 is 35.7 Å². The number of aliphatic imine (C=N–C) groups is 2. The van der Waals surface area contributed by atoms with Crippen LogP contribution in [0.4, 0.5) is 0 Å². The van der Waals surface area contributed by atoms with Crippen LogP contribution in [-0.4, -0.2) is 48.8 Å². The predicted octanol–water partition coefficient (Wildman–Crippen LogP) is 1.53. The summed E-state index contributed by atoms with van der Waals surface area (Å²) < 4.78 is 15.2. The van der Waals surface area contributed by atoms with Gasteiger partial charge in [0.15, 0.2) is 11.8 Å². The lowest BCUT2D eigenvalue weighted by molar-refractivity contribution is -0.160. The first-order valence-electron chi connectivity index (χ1n) is 9.38. The largest absolute Gasteiger partial charge is 0.409 e. The highest BCUT2D eigenvalue weighted by molar-refractivity contribution is 6.15. The molecule has 2 heterocycles. The lowest BCUT2D eigenvalue weighted by atomic mass is 9.97. The second-order valence-corrected chi connectivity index (χ2v) is 6.68. The Labute approximate surface area is 176 Å². The lowest BCUT2D eigenvalue weighted by Gasteiger charge is -2.18. The van der Waals surface area contributed by atoms with E-state index in [1.807, 2.05) is 0 Å². The minimum Gasteiger partial charge on any atom is -0.409 e. The molecule has 0 aromatic heterocycles. The Bertz CT molecular complexity index is 1010. The third-order valence-electron chi connectivity index (χ3n) is 4.60. The maximum absolute atomic E-state index is 13.0. The molecule has 2 aliphatic rings. The Balaban J connectivity index is 1.61. The summed E-state index contributed by atoms with van der Waals surface area (Å²) in [5.74, 6) is -5.87. The Morgan fingerprint density at radius 3 is 1.42 bits per heavy atom. The fraction of sp³-hybridized carbons (Fsp3) is 0.182. The molecule has 2 atom stereocenters. The highest BCUT2D eigenvalue weighted by atomic mass is 16.6. The first-order chi connectivity index (χ1) is 15.0. The number of carbonyl (C=O) groups is 4. The molecule has 2 aromatic rings. The molecule has 0 fully saturated rings. The summed E-state index contributed by atoms with van der Waals surface area (Å²) in [6.07, 6.45) is 0. The van der Waals surface area contributed by atoms with Crippen molar-refractivity contribution in [1.82, 2.24) is 0 Å². The van der Waals surface area contributed by atoms with Gasteiger partial charge in [-0.25, -0.2) is 19.6 Å². The molecule has 4 rings (SSSR count). The summed E-state index contributed by atoms with van der Waals surface area (Å²) in [5, 5.41) is 0. The monoisotopic (exact) mass is 420 g/mol. The molecule has 9 nitrogen and oxygen atoms in total. The Morgan fingerprint density at radius 2 is 1.10 bits per heavy atom. The summed E-state index contributed by atoms with van der Waals surface area (Å²) in [6, 6.07) is 16.8.